The number of aromatic nitrogens is 2. The molecule has 6 nitrogen and oxygen atoms in total. The molecule has 112 valence electrons. The van der Waals surface area contributed by atoms with Crippen LogP contribution in [-0.4, -0.2) is 41.3 Å². The van der Waals surface area contributed by atoms with Crippen molar-refractivity contribution in [3.63, 3.8) is 0 Å². The highest BCUT2D eigenvalue weighted by Gasteiger charge is 2.23. The van der Waals surface area contributed by atoms with E-state index in [0.29, 0.717) is 11.9 Å². The first kappa shape index (κ1) is 13.9. The van der Waals surface area contributed by atoms with Gasteiger partial charge in [0.05, 0.1) is 0 Å². The van der Waals surface area contributed by atoms with Crippen LogP contribution in [0.5, 0.6) is 0 Å². The zero-order valence-corrected chi connectivity index (χ0v) is 12.3. The van der Waals surface area contributed by atoms with E-state index in [1.165, 1.54) is 5.56 Å². The van der Waals surface area contributed by atoms with Crippen LogP contribution in [0.4, 0.5) is 12.0 Å². The van der Waals surface area contributed by atoms with Gasteiger partial charge in [0.15, 0.2) is 0 Å². The molecule has 3 rings (SSSR count). The Bertz CT molecular complexity index is 570. The Balaban J connectivity index is 1.65. The lowest BCUT2D eigenvalue weighted by molar-refractivity contribution is 0.257. The highest BCUT2D eigenvalue weighted by atomic mass is 16.4. The predicted molar refractivity (Wildman–Crippen MR) is 81.8 cm³/mol. The molecule has 2 N–H and O–H groups in total. The van der Waals surface area contributed by atoms with E-state index in [1.807, 2.05) is 0 Å². The molecule has 1 aliphatic heterocycles. The number of rotatable bonds is 3. The molecule has 6 heteroatoms. The number of nitrogen functional groups attached to an aromatic ring is 1. The van der Waals surface area contributed by atoms with Gasteiger partial charge in [-0.1, -0.05) is 47.5 Å². The molecule has 0 saturated carbocycles. The molecular weight excluding hydrogens is 266 g/mol. The second-order valence-corrected chi connectivity index (χ2v) is 5.69. The summed E-state index contributed by atoms with van der Waals surface area (Å²) >= 11 is 0. The van der Waals surface area contributed by atoms with Gasteiger partial charge in [-0.3, -0.25) is 4.90 Å². The highest BCUT2D eigenvalue weighted by molar-refractivity contribution is 5.28. The van der Waals surface area contributed by atoms with Gasteiger partial charge < -0.3 is 15.1 Å². The minimum atomic E-state index is 0.128. The van der Waals surface area contributed by atoms with Gasteiger partial charge in [-0.05, 0) is 11.5 Å². The van der Waals surface area contributed by atoms with Crippen LogP contribution in [0.15, 0.2) is 34.7 Å². The van der Waals surface area contributed by atoms with E-state index in [9.17, 15) is 0 Å². The molecule has 1 unspecified atom stereocenters. The number of hydrogen-bond acceptors (Lipinski definition) is 6. The van der Waals surface area contributed by atoms with Crippen molar-refractivity contribution >= 4 is 12.0 Å². The maximum atomic E-state index is 5.51. The van der Waals surface area contributed by atoms with Crippen LogP contribution in [0.3, 0.4) is 0 Å². The smallest absolute Gasteiger partial charge is 0.319 e. The fraction of sp³-hybridized carbons (Fsp3) is 0.467. The Hall–Kier alpha value is -2.08. The van der Waals surface area contributed by atoms with E-state index in [1.54, 1.807) is 0 Å². The van der Waals surface area contributed by atoms with Gasteiger partial charge in [0.25, 0.3) is 0 Å². The molecule has 21 heavy (non-hydrogen) atoms. The maximum Gasteiger partial charge on any atom is 0.319 e. The summed E-state index contributed by atoms with van der Waals surface area (Å²) in [4.78, 5) is 4.60. The third kappa shape index (κ3) is 3.52. The number of nitrogens with zero attached hydrogens (tertiary/aromatic N) is 4. The molecule has 0 aliphatic carbocycles. The molecule has 0 bridgehead atoms. The third-order valence-electron chi connectivity index (χ3n) is 3.74. The lowest BCUT2D eigenvalue weighted by atomic mass is 10.1. The molecule has 0 radical (unpaired) electrons. The van der Waals surface area contributed by atoms with Crippen LogP contribution < -0.4 is 10.6 Å². The van der Waals surface area contributed by atoms with E-state index >= 15 is 0 Å². The Labute approximate surface area is 124 Å². The van der Waals surface area contributed by atoms with Crippen LogP contribution >= 0.6 is 0 Å². The first-order valence-corrected chi connectivity index (χ1v) is 7.31. The summed E-state index contributed by atoms with van der Waals surface area (Å²) < 4.78 is 5.34. The van der Waals surface area contributed by atoms with Crippen molar-refractivity contribution in [3.8, 4) is 0 Å². The quantitative estimate of drug-likeness (QED) is 0.924. The number of benzene rings is 1. The predicted octanol–water partition coefficient (Wildman–Crippen LogP) is 1.61. The third-order valence-corrected chi connectivity index (χ3v) is 3.74. The van der Waals surface area contributed by atoms with Crippen molar-refractivity contribution in [2.24, 2.45) is 5.92 Å². The first-order valence-electron chi connectivity index (χ1n) is 7.31. The second-order valence-electron chi connectivity index (χ2n) is 5.69. The Morgan fingerprint density at radius 2 is 2.00 bits per heavy atom. The molecule has 1 aromatic carbocycles. The van der Waals surface area contributed by atoms with Gasteiger partial charge >= 0.3 is 12.0 Å². The van der Waals surface area contributed by atoms with Crippen molar-refractivity contribution in [3.05, 3.63) is 35.9 Å². The van der Waals surface area contributed by atoms with Gasteiger partial charge in [-0.25, -0.2) is 0 Å². The maximum absolute atomic E-state index is 5.51. The van der Waals surface area contributed by atoms with Gasteiger partial charge in [0, 0.05) is 32.7 Å². The normalized spacial score (nSPS) is 20.4. The van der Waals surface area contributed by atoms with Crippen LogP contribution in [0.1, 0.15) is 12.5 Å². The van der Waals surface area contributed by atoms with Crippen molar-refractivity contribution < 1.29 is 4.42 Å². The van der Waals surface area contributed by atoms with Crippen LogP contribution in [0.2, 0.25) is 0 Å². The van der Waals surface area contributed by atoms with Crippen molar-refractivity contribution in [2.75, 3.05) is 36.8 Å². The Kier molecular flexibility index (Phi) is 4.06. The van der Waals surface area contributed by atoms with Crippen molar-refractivity contribution in [1.29, 1.82) is 0 Å². The van der Waals surface area contributed by atoms with E-state index in [4.69, 9.17) is 10.2 Å². The lowest BCUT2D eigenvalue weighted by Gasteiger charge is -2.21. The average Bonchev–Trinajstić information content (AvgIpc) is 2.82. The fourth-order valence-electron chi connectivity index (χ4n) is 2.83. The number of hydrogen-bond donors (Lipinski definition) is 1. The van der Waals surface area contributed by atoms with E-state index in [-0.39, 0.29) is 6.01 Å². The molecule has 1 saturated heterocycles. The highest BCUT2D eigenvalue weighted by Crippen LogP contribution is 2.19. The number of anilines is 2. The summed E-state index contributed by atoms with van der Waals surface area (Å²) in [6, 6.07) is 11.2. The molecular formula is C15H21N5O. The minimum absolute atomic E-state index is 0.128. The topological polar surface area (TPSA) is 71.4 Å². The van der Waals surface area contributed by atoms with Crippen LogP contribution in [0, 0.1) is 5.92 Å². The molecule has 2 aromatic rings. The monoisotopic (exact) mass is 287 g/mol. The van der Waals surface area contributed by atoms with Gasteiger partial charge in [-0.2, -0.15) is 0 Å². The van der Waals surface area contributed by atoms with E-state index in [2.05, 4.69) is 57.3 Å². The van der Waals surface area contributed by atoms with E-state index < -0.39 is 0 Å². The minimum Gasteiger partial charge on any atom is -0.390 e. The lowest BCUT2D eigenvalue weighted by Crippen LogP contribution is -2.30. The Morgan fingerprint density at radius 1 is 1.19 bits per heavy atom. The zero-order valence-electron chi connectivity index (χ0n) is 12.3. The average molecular weight is 287 g/mol. The number of nitrogens with two attached hydrogens (primary N) is 1. The Morgan fingerprint density at radius 3 is 2.71 bits per heavy atom. The van der Waals surface area contributed by atoms with Gasteiger partial charge in [0.2, 0.25) is 0 Å². The summed E-state index contributed by atoms with van der Waals surface area (Å²) in [5.74, 6) is 0.532. The molecule has 0 amide bonds. The van der Waals surface area contributed by atoms with Crippen LogP contribution in [0.25, 0.3) is 0 Å². The standard InChI is InChI=1S/C15H21N5O/c1-12-9-19(11-13-5-3-2-4-6-13)7-8-20(10-12)15-18-17-14(16)21-15/h2-6,12H,7-11H2,1H3,(H2,16,17). The first-order chi connectivity index (χ1) is 10.2. The SMILES string of the molecule is CC1CN(Cc2ccccc2)CCN(c2nnc(N)o2)C1. The van der Waals surface area contributed by atoms with Gasteiger partial charge in [0.1, 0.15) is 0 Å². The summed E-state index contributed by atoms with van der Waals surface area (Å²) in [6.45, 7) is 7.04. The summed E-state index contributed by atoms with van der Waals surface area (Å²) in [6.07, 6.45) is 0. The van der Waals surface area contributed by atoms with Gasteiger partial charge in [-0.15, -0.1) is 0 Å². The largest absolute Gasteiger partial charge is 0.390 e. The van der Waals surface area contributed by atoms with Crippen molar-refractivity contribution in [2.45, 2.75) is 13.5 Å². The summed E-state index contributed by atoms with van der Waals surface area (Å²) in [7, 11) is 0. The van der Waals surface area contributed by atoms with Crippen LogP contribution in [-0.2, 0) is 6.54 Å². The molecule has 0 spiro atoms. The summed E-state index contributed by atoms with van der Waals surface area (Å²) in [5, 5.41) is 7.73. The van der Waals surface area contributed by atoms with E-state index in [0.717, 1.165) is 32.7 Å². The second kappa shape index (κ2) is 6.13. The molecule has 2 heterocycles. The molecule has 1 fully saturated rings. The molecule has 1 aliphatic rings. The van der Waals surface area contributed by atoms with Crippen molar-refractivity contribution in [1.82, 2.24) is 15.1 Å². The summed E-state index contributed by atoms with van der Waals surface area (Å²) in [5.41, 5.74) is 6.86. The molecule has 1 aromatic heterocycles. The zero-order chi connectivity index (χ0) is 14.7. The molecule has 1 atom stereocenters. The fourth-order valence-corrected chi connectivity index (χ4v) is 2.83.